The number of phenolic OH excluding ortho intramolecular Hbond substituents is 1. The lowest BCUT2D eigenvalue weighted by molar-refractivity contribution is -0.936. The molecular weight excluding hydrogens is 282 g/mol. The summed E-state index contributed by atoms with van der Waals surface area (Å²) in [4.78, 5) is 1.67. The van der Waals surface area contributed by atoms with Crippen molar-refractivity contribution in [3.63, 3.8) is 0 Å². The van der Waals surface area contributed by atoms with Crippen LogP contribution < -0.4 is 17.3 Å². The molecular formula is C18H24ClNO. The molecule has 1 heterocycles. The van der Waals surface area contributed by atoms with Crippen LogP contribution in [0.15, 0.2) is 18.2 Å². The Balaban J connectivity index is 0.00000161. The zero-order chi connectivity index (χ0) is 14.3. The van der Waals surface area contributed by atoms with Gasteiger partial charge in [-0.1, -0.05) is 19.9 Å². The summed E-state index contributed by atoms with van der Waals surface area (Å²) in [6, 6.07) is 6.61. The number of aromatic hydroxyl groups is 1. The highest BCUT2D eigenvalue weighted by molar-refractivity contribution is 5.43. The van der Waals surface area contributed by atoms with Crippen LogP contribution in [0.4, 0.5) is 0 Å². The molecule has 2 nitrogen and oxygen atoms in total. The molecule has 0 amide bonds. The summed E-state index contributed by atoms with van der Waals surface area (Å²) < 4.78 is 0. The van der Waals surface area contributed by atoms with E-state index in [4.69, 9.17) is 6.42 Å². The molecule has 21 heavy (non-hydrogen) atoms. The van der Waals surface area contributed by atoms with Gasteiger partial charge in [0.05, 0.1) is 25.6 Å². The van der Waals surface area contributed by atoms with Crippen molar-refractivity contribution >= 4 is 0 Å². The highest BCUT2D eigenvalue weighted by Crippen LogP contribution is 2.45. The number of piperidine rings is 1. The van der Waals surface area contributed by atoms with Crippen molar-refractivity contribution in [2.24, 2.45) is 5.92 Å². The Morgan fingerprint density at radius 3 is 2.95 bits per heavy atom. The van der Waals surface area contributed by atoms with E-state index in [9.17, 15) is 5.11 Å². The van der Waals surface area contributed by atoms with Gasteiger partial charge in [-0.25, -0.2) is 0 Å². The largest absolute Gasteiger partial charge is 1.00 e. The molecule has 3 rings (SSSR count). The fraction of sp³-hybridized carbons (Fsp3) is 0.556. The van der Waals surface area contributed by atoms with E-state index in [1.54, 1.807) is 4.90 Å². The van der Waals surface area contributed by atoms with Gasteiger partial charge in [-0.05, 0) is 23.3 Å². The van der Waals surface area contributed by atoms with Gasteiger partial charge in [0.25, 0.3) is 0 Å². The topological polar surface area (TPSA) is 24.7 Å². The van der Waals surface area contributed by atoms with E-state index in [2.05, 4.69) is 25.8 Å². The minimum Gasteiger partial charge on any atom is -1.00 e. The van der Waals surface area contributed by atoms with Crippen LogP contribution in [0.25, 0.3) is 0 Å². The van der Waals surface area contributed by atoms with Crippen LogP contribution >= 0.6 is 0 Å². The lowest BCUT2D eigenvalue weighted by atomic mass is 9.59. The monoisotopic (exact) mass is 305 g/mol. The maximum Gasteiger partial charge on any atom is 0.115 e. The van der Waals surface area contributed by atoms with E-state index in [0.717, 1.165) is 19.4 Å². The first kappa shape index (κ1) is 16.2. The first-order valence-electron chi connectivity index (χ1n) is 7.66. The Labute approximate surface area is 134 Å². The second-order valence-electron chi connectivity index (χ2n) is 6.72. The molecule has 1 aliphatic heterocycles. The molecule has 0 radical (unpaired) electrons. The van der Waals surface area contributed by atoms with Crippen molar-refractivity contribution in [1.82, 2.24) is 0 Å². The summed E-state index contributed by atoms with van der Waals surface area (Å²) >= 11 is 0. The maximum absolute atomic E-state index is 9.83. The second kappa shape index (κ2) is 5.91. The van der Waals surface area contributed by atoms with Gasteiger partial charge in [-0.3, -0.25) is 0 Å². The van der Waals surface area contributed by atoms with Gasteiger partial charge < -0.3 is 22.4 Å². The number of hydrogen-bond donors (Lipinski definition) is 2. The lowest BCUT2D eigenvalue weighted by Crippen LogP contribution is -3.18. The number of quaternary nitrogens is 1. The summed E-state index contributed by atoms with van der Waals surface area (Å²) in [5.74, 6) is 3.82. The van der Waals surface area contributed by atoms with Gasteiger partial charge in [0.15, 0.2) is 0 Å². The minimum absolute atomic E-state index is 0. The van der Waals surface area contributed by atoms with Gasteiger partial charge >= 0.3 is 0 Å². The molecule has 0 spiro atoms. The Morgan fingerprint density at radius 1 is 1.48 bits per heavy atom. The zero-order valence-corrected chi connectivity index (χ0v) is 13.6. The summed E-state index contributed by atoms with van der Waals surface area (Å²) in [5.41, 5.74) is 3.00. The van der Waals surface area contributed by atoms with Gasteiger partial charge in [0.2, 0.25) is 0 Å². The third kappa shape index (κ3) is 2.54. The fourth-order valence-corrected chi connectivity index (χ4v) is 4.39. The van der Waals surface area contributed by atoms with Crippen LogP contribution in [0.3, 0.4) is 0 Å². The molecule has 1 unspecified atom stereocenters. The van der Waals surface area contributed by atoms with Crippen molar-refractivity contribution in [2.75, 3.05) is 13.1 Å². The van der Waals surface area contributed by atoms with E-state index in [-0.39, 0.29) is 17.8 Å². The predicted octanol–water partition coefficient (Wildman–Crippen LogP) is -1.47. The smallest absolute Gasteiger partial charge is 0.115 e. The van der Waals surface area contributed by atoms with Gasteiger partial charge in [0, 0.05) is 24.2 Å². The summed E-state index contributed by atoms with van der Waals surface area (Å²) in [6.07, 6.45) is 8.61. The Kier molecular flexibility index (Phi) is 4.56. The molecule has 1 saturated heterocycles. The first-order chi connectivity index (χ1) is 9.56. The van der Waals surface area contributed by atoms with E-state index in [0.29, 0.717) is 17.7 Å². The van der Waals surface area contributed by atoms with E-state index in [1.165, 1.54) is 24.1 Å². The number of benzene rings is 1. The van der Waals surface area contributed by atoms with Crippen molar-refractivity contribution in [3.05, 3.63) is 29.3 Å². The number of phenols is 1. The van der Waals surface area contributed by atoms with E-state index in [1.807, 2.05) is 12.1 Å². The Morgan fingerprint density at radius 2 is 2.24 bits per heavy atom. The van der Waals surface area contributed by atoms with Crippen LogP contribution in [-0.4, -0.2) is 24.2 Å². The van der Waals surface area contributed by atoms with Crippen molar-refractivity contribution in [1.29, 1.82) is 0 Å². The molecule has 1 fully saturated rings. The molecule has 1 aromatic rings. The maximum atomic E-state index is 9.83. The Hall–Kier alpha value is -1.17. The molecule has 0 aromatic heterocycles. The summed E-state index contributed by atoms with van der Waals surface area (Å²) in [6.45, 7) is 7.05. The molecule has 2 bridgehead atoms. The van der Waals surface area contributed by atoms with Crippen LogP contribution in [0.1, 0.15) is 37.8 Å². The minimum atomic E-state index is 0. The van der Waals surface area contributed by atoms with Crippen LogP contribution in [0, 0.1) is 18.3 Å². The molecule has 3 heteroatoms. The molecule has 1 aromatic carbocycles. The van der Waals surface area contributed by atoms with Crippen molar-refractivity contribution in [3.8, 4) is 18.1 Å². The highest BCUT2D eigenvalue weighted by atomic mass is 35.5. The van der Waals surface area contributed by atoms with E-state index >= 15 is 0 Å². The number of nitrogens with one attached hydrogen (secondary N) is 1. The first-order valence-corrected chi connectivity index (χ1v) is 7.66. The van der Waals surface area contributed by atoms with Crippen molar-refractivity contribution < 1.29 is 22.4 Å². The van der Waals surface area contributed by atoms with Crippen molar-refractivity contribution in [2.45, 2.75) is 44.6 Å². The number of likely N-dealkylation sites (tertiary alicyclic amines) is 1. The highest BCUT2D eigenvalue weighted by Gasteiger charge is 2.50. The van der Waals surface area contributed by atoms with Crippen LogP contribution in [0.2, 0.25) is 0 Å². The summed E-state index contributed by atoms with van der Waals surface area (Å²) in [5, 5.41) is 9.83. The zero-order valence-electron chi connectivity index (χ0n) is 12.8. The number of halogens is 1. The Bertz CT molecular complexity index is 565. The predicted molar refractivity (Wildman–Crippen MR) is 80.9 cm³/mol. The molecule has 114 valence electrons. The number of rotatable bonds is 2. The molecule has 4 atom stereocenters. The lowest BCUT2D eigenvalue weighted by Gasteiger charge is -2.52. The number of fused-ring (bicyclic) bond motifs is 4. The molecule has 2 N–H and O–H groups in total. The average molecular weight is 306 g/mol. The summed E-state index contributed by atoms with van der Waals surface area (Å²) in [7, 11) is 0. The normalized spacial score (nSPS) is 33.5. The van der Waals surface area contributed by atoms with Gasteiger partial charge in [-0.15, -0.1) is 12.3 Å². The van der Waals surface area contributed by atoms with Crippen LogP contribution in [0.5, 0.6) is 5.75 Å². The fourth-order valence-electron chi connectivity index (χ4n) is 4.39. The molecule has 0 saturated carbocycles. The third-order valence-corrected chi connectivity index (χ3v) is 5.84. The van der Waals surface area contributed by atoms with Crippen LogP contribution in [-0.2, 0) is 11.8 Å². The second-order valence-corrected chi connectivity index (χ2v) is 6.72. The third-order valence-electron chi connectivity index (χ3n) is 5.84. The standard InChI is InChI=1S/C18H23NO.ClH/c1-4-5-9-19-10-8-18(3)13(2)17(19)11-14-6-7-15(20)12-16(14)18;/h1,6-7,12-13,17,20H,5,8-11H2,2-3H3;1H/t13-,17+,18+;/m0./s1. The van der Waals surface area contributed by atoms with Gasteiger partial charge in [0.1, 0.15) is 5.75 Å². The molecule has 2 aliphatic rings. The average Bonchev–Trinajstić information content (AvgIpc) is 2.43. The SMILES string of the molecule is C#CCC[NH+]1CC[C@@]2(C)c3cc(O)ccc3C[C@@H]1[C@@H]2C.[Cl-]. The van der Waals surface area contributed by atoms with Gasteiger partial charge in [-0.2, -0.15) is 0 Å². The molecule has 1 aliphatic carbocycles. The number of hydrogen-bond acceptors (Lipinski definition) is 1. The van der Waals surface area contributed by atoms with E-state index < -0.39 is 0 Å². The number of terminal acetylenes is 1. The quantitative estimate of drug-likeness (QED) is 0.641.